The zero-order valence-electron chi connectivity index (χ0n) is 26.5. The number of hydrogen-bond donors (Lipinski definition) is 4. The van der Waals surface area contributed by atoms with Gasteiger partial charge in [0.2, 0.25) is 10.0 Å². The standard InChI is InChI=1S/C33H51N3O8S/c1-27(37)44-26-30-24-29(12-13-32(30)38)33(39)25-34-14-5-2-3-6-19-42-20-7-4-9-28-10-8-11-31(23-28)45(40,41)35-15-16-36-17-21-43-22-18-36/h8,10-13,23-24,33-35,38-39H,2-7,9,14-22,25-26H2,1H3/t33-/m0/s1. The van der Waals surface area contributed by atoms with Gasteiger partial charge in [-0.1, -0.05) is 31.0 Å². The van der Waals surface area contributed by atoms with E-state index in [4.69, 9.17) is 14.2 Å². The van der Waals surface area contributed by atoms with Crippen molar-refractivity contribution in [3.8, 4) is 5.75 Å². The minimum absolute atomic E-state index is 0.0312. The average Bonchev–Trinajstić information content (AvgIpc) is 3.03. The van der Waals surface area contributed by atoms with Crippen LogP contribution >= 0.6 is 0 Å². The number of carbonyl (C=O) groups excluding carboxylic acids is 1. The van der Waals surface area contributed by atoms with Crippen molar-refractivity contribution in [1.29, 1.82) is 0 Å². The third-order valence-corrected chi connectivity index (χ3v) is 9.14. The molecule has 1 fully saturated rings. The monoisotopic (exact) mass is 649 g/mol. The summed E-state index contributed by atoms with van der Waals surface area (Å²) >= 11 is 0. The number of sulfonamides is 1. The van der Waals surface area contributed by atoms with Gasteiger partial charge in [0, 0.05) is 58.4 Å². The van der Waals surface area contributed by atoms with Crippen molar-refractivity contribution < 1.29 is 37.6 Å². The first-order chi connectivity index (χ1) is 21.7. The Balaban J connectivity index is 1.17. The molecule has 12 heteroatoms. The van der Waals surface area contributed by atoms with Gasteiger partial charge in [0.1, 0.15) is 12.4 Å². The van der Waals surface area contributed by atoms with Gasteiger partial charge >= 0.3 is 5.97 Å². The van der Waals surface area contributed by atoms with E-state index in [9.17, 15) is 23.4 Å². The molecule has 45 heavy (non-hydrogen) atoms. The number of nitrogens with zero attached hydrogens (tertiary/aromatic N) is 1. The smallest absolute Gasteiger partial charge is 0.302 e. The van der Waals surface area contributed by atoms with E-state index in [1.807, 2.05) is 6.07 Å². The minimum Gasteiger partial charge on any atom is -0.508 e. The SMILES string of the molecule is CC(=O)OCc1cc([C@@H](O)CNCCCCCCOCCCCc2cccc(S(=O)(=O)NCCN3CCOCC3)c2)ccc1O. The number of morpholine rings is 1. The summed E-state index contributed by atoms with van der Waals surface area (Å²) in [5.74, 6) is -0.396. The molecular formula is C33H51N3O8S. The van der Waals surface area contributed by atoms with Crippen molar-refractivity contribution in [2.75, 3.05) is 65.7 Å². The van der Waals surface area contributed by atoms with Crippen LogP contribution in [0.3, 0.4) is 0 Å². The lowest BCUT2D eigenvalue weighted by Gasteiger charge is -2.26. The molecule has 0 aromatic heterocycles. The number of phenols is 1. The molecule has 1 aliphatic rings. The van der Waals surface area contributed by atoms with Crippen molar-refractivity contribution >= 4 is 16.0 Å². The highest BCUT2D eigenvalue weighted by Crippen LogP contribution is 2.23. The van der Waals surface area contributed by atoms with E-state index in [1.54, 1.807) is 30.3 Å². The Morgan fingerprint density at radius 2 is 1.76 bits per heavy atom. The molecule has 2 aromatic rings. The van der Waals surface area contributed by atoms with Gasteiger partial charge in [-0.3, -0.25) is 9.69 Å². The third-order valence-electron chi connectivity index (χ3n) is 7.69. The molecule has 252 valence electrons. The highest BCUT2D eigenvalue weighted by molar-refractivity contribution is 7.89. The van der Waals surface area contributed by atoms with Gasteiger partial charge in [-0.15, -0.1) is 0 Å². The van der Waals surface area contributed by atoms with Crippen LogP contribution in [0.2, 0.25) is 0 Å². The lowest BCUT2D eigenvalue weighted by atomic mass is 10.1. The molecule has 0 amide bonds. The van der Waals surface area contributed by atoms with Gasteiger partial charge in [-0.05, 0) is 74.0 Å². The van der Waals surface area contributed by atoms with Crippen LogP contribution in [0.25, 0.3) is 0 Å². The number of aryl methyl sites for hydroxylation is 1. The van der Waals surface area contributed by atoms with Crippen LogP contribution in [0.15, 0.2) is 47.4 Å². The summed E-state index contributed by atoms with van der Waals surface area (Å²) in [6, 6.07) is 12.0. The summed E-state index contributed by atoms with van der Waals surface area (Å²) in [5.41, 5.74) is 2.13. The predicted octanol–water partition coefficient (Wildman–Crippen LogP) is 3.29. The van der Waals surface area contributed by atoms with Gasteiger partial charge in [-0.2, -0.15) is 0 Å². The number of hydrogen-bond acceptors (Lipinski definition) is 10. The van der Waals surface area contributed by atoms with Crippen molar-refractivity contribution in [2.24, 2.45) is 0 Å². The zero-order valence-corrected chi connectivity index (χ0v) is 27.4. The van der Waals surface area contributed by atoms with Crippen molar-refractivity contribution in [2.45, 2.75) is 69.5 Å². The molecular weight excluding hydrogens is 598 g/mol. The molecule has 4 N–H and O–H groups in total. The maximum Gasteiger partial charge on any atom is 0.302 e. The quantitative estimate of drug-likeness (QED) is 0.111. The fourth-order valence-corrected chi connectivity index (χ4v) is 6.11. The van der Waals surface area contributed by atoms with Crippen LogP contribution in [0.5, 0.6) is 5.75 Å². The summed E-state index contributed by atoms with van der Waals surface area (Å²) in [4.78, 5) is 13.5. The fraction of sp³-hybridized carbons (Fsp3) is 0.606. The van der Waals surface area contributed by atoms with E-state index in [0.717, 1.165) is 76.8 Å². The summed E-state index contributed by atoms with van der Waals surface area (Å²) in [5, 5.41) is 23.6. The van der Waals surface area contributed by atoms with E-state index in [1.165, 1.54) is 13.0 Å². The van der Waals surface area contributed by atoms with Crippen LogP contribution in [0.1, 0.15) is 68.2 Å². The number of unbranched alkanes of at least 4 members (excludes halogenated alkanes) is 4. The number of benzene rings is 2. The van der Waals surface area contributed by atoms with Crippen molar-refractivity contribution in [3.63, 3.8) is 0 Å². The number of rotatable bonds is 22. The molecule has 2 aromatic carbocycles. The molecule has 0 aliphatic carbocycles. The van der Waals surface area contributed by atoms with Crippen molar-refractivity contribution in [1.82, 2.24) is 14.9 Å². The van der Waals surface area contributed by atoms with Gasteiger partial charge in [-0.25, -0.2) is 13.1 Å². The minimum atomic E-state index is -3.53. The Morgan fingerprint density at radius 1 is 1.00 bits per heavy atom. The Bertz CT molecular complexity index is 1250. The highest BCUT2D eigenvalue weighted by atomic mass is 32.2. The molecule has 11 nitrogen and oxygen atoms in total. The topological polar surface area (TPSA) is 147 Å². The summed E-state index contributed by atoms with van der Waals surface area (Å²) in [6.07, 6.45) is 6.08. The molecule has 1 atom stereocenters. The molecule has 1 saturated heterocycles. The molecule has 3 rings (SSSR count). The normalized spacial score (nSPS) is 14.8. The third kappa shape index (κ3) is 14.6. The van der Waals surface area contributed by atoms with Crippen molar-refractivity contribution in [3.05, 3.63) is 59.2 Å². The number of carbonyl (C=O) groups is 1. The van der Waals surface area contributed by atoms with Crippen LogP contribution in [-0.2, 0) is 42.1 Å². The zero-order chi connectivity index (χ0) is 32.3. The molecule has 0 saturated carbocycles. The second-order valence-corrected chi connectivity index (χ2v) is 13.1. The van der Waals surface area contributed by atoms with Gasteiger partial charge in [0.15, 0.2) is 0 Å². The van der Waals surface area contributed by atoms with E-state index >= 15 is 0 Å². The van der Waals surface area contributed by atoms with Crippen LogP contribution in [0, 0.1) is 0 Å². The second kappa shape index (κ2) is 20.5. The Morgan fingerprint density at radius 3 is 2.53 bits per heavy atom. The number of aliphatic hydroxyl groups excluding tert-OH is 1. The first-order valence-corrected chi connectivity index (χ1v) is 17.5. The van der Waals surface area contributed by atoms with E-state index < -0.39 is 22.1 Å². The lowest BCUT2D eigenvalue weighted by Crippen LogP contribution is -2.41. The highest BCUT2D eigenvalue weighted by Gasteiger charge is 2.16. The fourth-order valence-electron chi connectivity index (χ4n) is 5.02. The Kier molecular flexibility index (Phi) is 16.8. The van der Waals surface area contributed by atoms with Gasteiger partial charge in [0.25, 0.3) is 0 Å². The summed E-state index contributed by atoms with van der Waals surface area (Å²) < 4.78 is 44.2. The maximum absolute atomic E-state index is 12.7. The Hall–Kier alpha value is -2.58. The second-order valence-electron chi connectivity index (χ2n) is 11.4. The number of aliphatic hydroxyl groups is 1. The van der Waals surface area contributed by atoms with Crippen LogP contribution < -0.4 is 10.0 Å². The summed E-state index contributed by atoms with van der Waals surface area (Å²) in [6.45, 7) is 8.02. The lowest BCUT2D eigenvalue weighted by molar-refractivity contribution is -0.142. The maximum atomic E-state index is 12.7. The predicted molar refractivity (Wildman–Crippen MR) is 173 cm³/mol. The molecule has 0 bridgehead atoms. The van der Waals surface area contributed by atoms with Crippen LogP contribution in [-0.4, -0.2) is 95.2 Å². The van der Waals surface area contributed by atoms with E-state index in [-0.39, 0.29) is 12.4 Å². The molecule has 1 heterocycles. The molecule has 0 unspecified atom stereocenters. The first-order valence-electron chi connectivity index (χ1n) is 16.0. The van der Waals surface area contributed by atoms with E-state index in [2.05, 4.69) is 14.9 Å². The molecule has 1 aliphatic heterocycles. The van der Waals surface area contributed by atoms with Gasteiger partial charge in [0.05, 0.1) is 24.2 Å². The average molecular weight is 650 g/mol. The molecule has 0 spiro atoms. The number of aromatic hydroxyl groups is 1. The first kappa shape index (κ1) is 36.9. The van der Waals surface area contributed by atoms with E-state index in [0.29, 0.717) is 55.5 Å². The van der Waals surface area contributed by atoms with Crippen LogP contribution in [0.4, 0.5) is 0 Å². The number of esters is 1. The van der Waals surface area contributed by atoms with Gasteiger partial charge < -0.3 is 29.7 Å². The largest absolute Gasteiger partial charge is 0.508 e. The summed E-state index contributed by atoms with van der Waals surface area (Å²) in [7, 11) is -3.53. The number of phenolic OH excluding ortho intramolecular Hbond substituents is 1. The number of nitrogens with one attached hydrogen (secondary N) is 2. The number of ether oxygens (including phenoxy) is 3. The molecule has 0 radical (unpaired) electrons. The Labute approximate surface area is 268 Å².